The van der Waals surface area contributed by atoms with E-state index in [-0.39, 0.29) is 0 Å². The van der Waals surface area contributed by atoms with E-state index in [2.05, 4.69) is 47.1 Å². The van der Waals surface area contributed by atoms with E-state index in [9.17, 15) is 0 Å². The smallest absolute Gasteiger partial charge is 0.0207 e. The average Bonchev–Trinajstić information content (AvgIpc) is 2.30. The van der Waals surface area contributed by atoms with Crippen molar-refractivity contribution in [3.05, 3.63) is 34.3 Å². The molecule has 1 rings (SSSR count). The maximum atomic E-state index is 3.60. The zero-order chi connectivity index (χ0) is 11.6. The van der Waals surface area contributed by atoms with Crippen molar-refractivity contribution in [3.63, 3.8) is 0 Å². The quantitative estimate of drug-likeness (QED) is 0.533. The van der Waals surface area contributed by atoms with E-state index in [0.29, 0.717) is 0 Å². The van der Waals surface area contributed by atoms with Crippen molar-refractivity contribution in [2.45, 2.75) is 58.3 Å². The van der Waals surface area contributed by atoms with E-state index in [1.165, 1.54) is 61.4 Å². The summed E-state index contributed by atoms with van der Waals surface area (Å²) in [6.07, 6.45) is 10.9. The third kappa shape index (κ3) is 5.69. The number of unbranched alkanes of at least 4 members (excludes halogenated alkanes) is 6. The van der Waals surface area contributed by atoms with Crippen molar-refractivity contribution >= 4 is 15.9 Å². The Labute approximate surface area is 109 Å². The molecule has 0 aliphatic carbocycles. The van der Waals surface area contributed by atoms with Crippen molar-refractivity contribution in [1.82, 2.24) is 0 Å². The molecule has 16 heavy (non-hydrogen) atoms. The van der Waals surface area contributed by atoms with Crippen LogP contribution in [0.15, 0.2) is 28.7 Å². The number of benzene rings is 1. The van der Waals surface area contributed by atoms with Crippen LogP contribution < -0.4 is 0 Å². The fourth-order valence-corrected chi connectivity index (χ4v) is 2.46. The summed E-state index contributed by atoms with van der Waals surface area (Å²) in [7, 11) is 0. The van der Waals surface area contributed by atoms with Crippen LogP contribution in [0.3, 0.4) is 0 Å². The molecular formula is C15H23Br. The second kappa shape index (κ2) is 8.81. The van der Waals surface area contributed by atoms with Gasteiger partial charge in [0.05, 0.1) is 0 Å². The zero-order valence-electron chi connectivity index (χ0n) is 10.3. The van der Waals surface area contributed by atoms with Gasteiger partial charge in [0.15, 0.2) is 0 Å². The molecule has 1 aromatic rings. The highest BCUT2D eigenvalue weighted by atomic mass is 79.9. The molecule has 0 N–H and O–H groups in total. The molecule has 0 saturated carbocycles. The van der Waals surface area contributed by atoms with E-state index in [0.717, 1.165) is 0 Å². The first-order valence-electron chi connectivity index (χ1n) is 6.58. The van der Waals surface area contributed by atoms with Crippen molar-refractivity contribution in [3.8, 4) is 0 Å². The summed E-state index contributed by atoms with van der Waals surface area (Å²) in [5, 5.41) is 0. The van der Waals surface area contributed by atoms with Gasteiger partial charge < -0.3 is 0 Å². The lowest BCUT2D eigenvalue weighted by molar-refractivity contribution is 0.589. The zero-order valence-corrected chi connectivity index (χ0v) is 11.9. The summed E-state index contributed by atoms with van der Waals surface area (Å²) >= 11 is 3.60. The van der Waals surface area contributed by atoms with E-state index in [1.54, 1.807) is 0 Å². The summed E-state index contributed by atoms with van der Waals surface area (Å²) in [4.78, 5) is 0. The average molecular weight is 283 g/mol. The van der Waals surface area contributed by atoms with Crippen molar-refractivity contribution in [2.75, 3.05) is 0 Å². The molecule has 1 aromatic carbocycles. The summed E-state index contributed by atoms with van der Waals surface area (Å²) in [6, 6.07) is 8.57. The monoisotopic (exact) mass is 282 g/mol. The van der Waals surface area contributed by atoms with Gasteiger partial charge in [0.2, 0.25) is 0 Å². The largest absolute Gasteiger partial charge is 0.0654 e. The first-order valence-corrected chi connectivity index (χ1v) is 7.37. The molecule has 0 radical (unpaired) electrons. The number of hydrogen-bond acceptors (Lipinski definition) is 0. The molecule has 0 aromatic heterocycles. The molecule has 0 nitrogen and oxygen atoms in total. The van der Waals surface area contributed by atoms with E-state index < -0.39 is 0 Å². The van der Waals surface area contributed by atoms with Crippen LogP contribution in [0.25, 0.3) is 0 Å². The van der Waals surface area contributed by atoms with Gasteiger partial charge in [-0.15, -0.1) is 0 Å². The lowest BCUT2D eigenvalue weighted by Crippen LogP contribution is -1.87. The highest BCUT2D eigenvalue weighted by Crippen LogP contribution is 2.18. The Kier molecular flexibility index (Phi) is 7.58. The first kappa shape index (κ1) is 13.8. The molecule has 0 saturated heterocycles. The van der Waals surface area contributed by atoms with Crippen LogP contribution in [0.5, 0.6) is 0 Å². The summed E-state index contributed by atoms with van der Waals surface area (Å²) < 4.78 is 1.26. The maximum absolute atomic E-state index is 3.60. The fourth-order valence-electron chi connectivity index (χ4n) is 1.97. The van der Waals surface area contributed by atoms with Crippen LogP contribution in [0.4, 0.5) is 0 Å². The normalized spacial score (nSPS) is 10.6. The van der Waals surface area contributed by atoms with Crippen LogP contribution in [-0.2, 0) is 6.42 Å². The topological polar surface area (TPSA) is 0 Å². The van der Waals surface area contributed by atoms with Gasteiger partial charge in [-0.05, 0) is 24.5 Å². The van der Waals surface area contributed by atoms with Gasteiger partial charge in [0, 0.05) is 4.47 Å². The van der Waals surface area contributed by atoms with Gasteiger partial charge in [-0.3, -0.25) is 0 Å². The predicted molar refractivity (Wildman–Crippen MR) is 75.8 cm³/mol. The molecule has 1 heteroatoms. The lowest BCUT2D eigenvalue weighted by Gasteiger charge is -2.04. The summed E-state index contributed by atoms with van der Waals surface area (Å²) in [6.45, 7) is 2.27. The van der Waals surface area contributed by atoms with Gasteiger partial charge >= 0.3 is 0 Å². The van der Waals surface area contributed by atoms with Gasteiger partial charge in [-0.2, -0.15) is 0 Å². The highest BCUT2D eigenvalue weighted by Gasteiger charge is 1.97. The Morgan fingerprint density at radius 3 is 2.19 bits per heavy atom. The minimum Gasteiger partial charge on any atom is -0.0654 e. The molecule has 0 atom stereocenters. The Balaban J connectivity index is 2.05. The molecule has 0 amide bonds. The number of halogens is 1. The Bertz CT molecular complexity index is 281. The van der Waals surface area contributed by atoms with Crippen LogP contribution in [0, 0.1) is 0 Å². The van der Waals surface area contributed by atoms with E-state index in [4.69, 9.17) is 0 Å². The number of hydrogen-bond donors (Lipinski definition) is 0. The molecule has 0 bridgehead atoms. The van der Waals surface area contributed by atoms with Crippen molar-refractivity contribution in [2.24, 2.45) is 0 Å². The maximum Gasteiger partial charge on any atom is 0.0207 e. The summed E-state index contributed by atoms with van der Waals surface area (Å²) in [5.41, 5.74) is 1.45. The molecule has 0 heterocycles. The van der Waals surface area contributed by atoms with Crippen molar-refractivity contribution in [1.29, 1.82) is 0 Å². The predicted octanol–water partition coefficient (Wildman–Crippen LogP) is 5.74. The second-order valence-corrected chi connectivity index (χ2v) is 5.32. The highest BCUT2D eigenvalue weighted by molar-refractivity contribution is 9.10. The Morgan fingerprint density at radius 2 is 1.50 bits per heavy atom. The Morgan fingerprint density at radius 1 is 0.875 bits per heavy atom. The SMILES string of the molecule is CCCCCCCCCc1ccccc1Br. The first-order chi connectivity index (χ1) is 7.84. The summed E-state index contributed by atoms with van der Waals surface area (Å²) in [5.74, 6) is 0. The van der Waals surface area contributed by atoms with E-state index >= 15 is 0 Å². The molecule has 0 unspecified atom stereocenters. The van der Waals surface area contributed by atoms with Crippen LogP contribution in [0.1, 0.15) is 57.4 Å². The molecule has 0 aliphatic rings. The Hall–Kier alpha value is -0.300. The molecular weight excluding hydrogens is 260 g/mol. The lowest BCUT2D eigenvalue weighted by atomic mass is 10.0. The van der Waals surface area contributed by atoms with Crippen molar-refractivity contribution < 1.29 is 0 Å². The molecule has 0 aliphatic heterocycles. The number of aryl methyl sites for hydroxylation is 1. The standard InChI is InChI=1S/C15H23Br/c1-2-3-4-5-6-7-8-11-14-12-9-10-13-15(14)16/h9-10,12-13H,2-8,11H2,1H3. The van der Waals surface area contributed by atoms with Gasteiger partial charge in [0.25, 0.3) is 0 Å². The van der Waals surface area contributed by atoms with Gasteiger partial charge in [0.1, 0.15) is 0 Å². The van der Waals surface area contributed by atoms with Gasteiger partial charge in [-0.25, -0.2) is 0 Å². The van der Waals surface area contributed by atoms with Crippen LogP contribution >= 0.6 is 15.9 Å². The van der Waals surface area contributed by atoms with Gasteiger partial charge in [-0.1, -0.05) is 79.6 Å². The van der Waals surface area contributed by atoms with E-state index in [1.807, 2.05) is 0 Å². The third-order valence-electron chi connectivity index (χ3n) is 3.01. The third-order valence-corrected chi connectivity index (χ3v) is 3.78. The molecule has 0 spiro atoms. The molecule has 0 fully saturated rings. The number of rotatable bonds is 8. The van der Waals surface area contributed by atoms with Crippen LogP contribution in [0.2, 0.25) is 0 Å². The minimum atomic E-state index is 1.22. The van der Waals surface area contributed by atoms with Crippen LogP contribution in [-0.4, -0.2) is 0 Å². The molecule has 90 valence electrons. The fraction of sp³-hybridized carbons (Fsp3) is 0.600. The minimum absolute atomic E-state index is 1.22. The second-order valence-electron chi connectivity index (χ2n) is 4.46.